The van der Waals surface area contributed by atoms with Crippen molar-refractivity contribution in [3.63, 3.8) is 0 Å². The van der Waals surface area contributed by atoms with Crippen molar-refractivity contribution >= 4 is 24.3 Å². The Kier molecular flexibility index (Phi) is 27.4. The zero-order chi connectivity index (χ0) is 40.8. The van der Waals surface area contributed by atoms with E-state index in [1.54, 1.807) is 0 Å². The number of amides is 5. The first-order valence-corrected chi connectivity index (χ1v) is 21.9. The van der Waals surface area contributed by atoms with Gasteiger partial charge in [0.15, 0.2) is 0 Å². The number of carbonyl (C=O) groups excluding carboxylic acids is 4. The lowest BCUT2D eigenvalue weighted by atomic mass is 10.2. The predicted molar refractivity (Wildman–Crippen MR) is 218 cm³/mol. The third-order valence-electron chi connectivity index (χ3n) is 9.96. The lowest BCUT2D eigenvalue weighted by molar-refractivity contribution is 0.0124. The van der Waals surface area contributed by atoms with Crippen LogP contribution in [0.5, 0.6) is 0 Å². The molecule has 0 aliphatic carbocycles. The highest BCUT2D eigenvalue weighted by Gasteiger charge is 2.33. The molecule has 2 heterocycles. The second-order valence-electron chi connectivity index (χ2n) is 15.4. The van der Waals surface area contributed by atoms with Gasteiger partial charge in [0.1, 0.15) is 12.2 Å². The van der Waals surface area contributed by atoms with Gasteiger partial charge in [-0.3, -0.25) is 9.80 Å². The number of rotatable bonds is 34. The Balaban J connectivity index is 1.61. The normalized spacial score (nSPS) is 19.4. The molecule has 56 heavy (non-hydrogen) atoms. The number of hydrogen-bond acceptors (Lipinski definition) is 11. The molecule has 6 atom stereocenters. The number of imide groups is 1. The van der Waals surface area contributed by atoms with Crippen LogP contribution in [0.3, 0.4) is 0 Å². The molecule has 2 aliphatic rings. The van der Waals surface area contributed by atoms with Crippen LogP contribution in [-0.4, -0.2) is 149 Å². The van der Waals surface area contributed by atoms with Crippen molar-refractivity contribution in [2.75, 3.05) is 85.4 Å². The highest BCUT2D eigenvalue weighted by molar-refractivity contribution is 5.90. The van der Waals surface area contributed by atoms with E-state index in [2.05, 4.69) is 60.4 Å². The van der Waals surface area contributed by atoms with Gasteiger partial charge in [-0.25, -0.2) is 24.1 Å². The highest BCUT2D eigenvalue weighted by Crippen LogP contribution is 2.18. The zero-order valence-corrected chi connectivity index (χ0v) is 35.6. The van der Waals surface area contributed by atoms with Crippen LogP contribution < -0.4 is 16.0 Å². The Morgan fingerprint density at radius 1 is 0.589 bits per heavy atom. The molecule has 0 radical (unpaired) electrons. The van der Waals surface area contributed by atoms with Gasteiger partial charge in [-0.05, 0) is 58.8 Å². The largest absolute Gasteiger partial charge is 0.449 e. The van der Waals surface area contributed by atoms with E-state index in [1.165, 1.54) is 4.90 Å². The van der Waals surface area contributed by atoms with Crippen LogP contribution in [0.15, 0.2) is 0 Å². The van der Waals surface area contributed by atoms with Crippen LogP contribution in [0, 0.1) is 0 Å². The molecule has 2 saturated heterocycles. The van der Waals surface area contributed by atoms with Gasteiger partial charge in [0.25, 0.3) is 0 Å². The van der Waals surface area contributed by atoms with Crippen LogP contribution >= 0.6 is 0 Å². The van der Waals surface area contributed by atoms with E-state index in [9.17, 15) is 19.2 Å². The molecule has 5 amide bonds. The summed E-state index contributed by atoms with van der Waals surface area (Å²) < 4.78 is 28.2. The second kappa shape index (κ2) is 31.2. The number of nitrogens with zero attached hydrogens (tertiary/aromatic N) is 3. The third kappa shape index (κ3) is 24.7. The van der Waals surface area contributed by atoms with Crippen LogP contribution in [0.2, 0.25) is 0 Å². The maximum atomic E-state index is 13.0. The summed E-state index contributed by atoms with van der Waals surface area (Å²) in [5.41, 5.74) is 0. The van der Waals surface area contributed by atoms with Crippen molar-refractivity contribution in [1.29, 1.82) is 0 Å². The summed E-state index contributed by atoms with van der Waals surface area (Å²) in [6.45, 7) is 18.1. The monoisotopic (exact) mass is 799 g/mol. The molecule has 326 valence electrons. The minimum absolute atomic E-state index is 0.257. The molecule has 0 saturated carbocycles. The molecule has 15 heteroatoms. The van der Waals surface area contributed by atoms with E-state index in [0.717, 1.165) is 103 Å². The number of ether oxygens (including phenoxy) is 5. The van der Waals surface area contributed by atoms with Crippen molar-refractivity contribution in [3.05, 3.63) is 0 Å². The molecule has 0 spiro atoms. The summed E-state index contributed by atoms with van der Waals surface area (Å²) in [7, 11) is 0. The van der Waals surface area contributed by atoms with E-state index in [4.69, 9.17) is 23.7 Å². The van der Waals surface area contributed by atoms with Gasteiger partial charge in [-0.15, -0.1) is 0 Å². The lowest BCUT2D eigenvalue weighted by Crippen LogP contribution is -2.45. The topological polar surface area (TPSA) is 160 Å². The number of carbonyl (C=O) groups is 4. The fraction of sp³-hybridized carbons (Fsp3) is 0.902. The average Bonchev–Trinajstić information content (AvgIpc) is 4.08. The first-order valence-electron chi connectivity index (χ1n) is 21.9. The van der Waals surface area contributed by atoms with Gasteiger partial charge in [-0.1, -0.05) is 72.1 Å². The quantitative estimate of drug-likeness (QED) is 0.0362. The smallest absolute Gasteiger partial charge is 0.417 e. The Morgan fingerprint density at radius 2 is 1.04 bits per heavy atom. The summed E-state index contributed by atoms with van der Waals surface area (Å²) in [4.78, 5) is 56.4. The molecule has 6 unspecified atom stereocenters. The Bertz CT molecular complexity index is 1070. The molecule has 0 aromatic heterocycles. The van der Waals surface area contributed by atoms with Crippen LogP contribution in [0.25, 0.3) is 0 Å². The summed E-state index contributed by atoms with van der Waals surface area (Å²) in [6, 6.07) is 0.601. The van der Waals surface area contributed by atoms with Crippen molar-refractivity contribution in [2.45, 2.75) is 155 Å². The van der Waals surface area contributed by atoms with Crippen molar-refractivity contribution in [3.8, 4) is 0 Å². The number of alkyl carbamates (subject to hydrolysis) is 2. The number of nitrogens with one attached hydrogen (secondary N) is 3. The zero-order valence-electron chi connectivity index (χ0n) is 35.6. The van der Waals surface area contributed by atoms with E-state index in [-0.39, 0.29) is 25.4 Å². The fourth-order valence-corrected chi connectivity index (χ4v) is 6.06. The van der Waals surface area contributed by atoms with Gasteiger partial charge < -0.3 is 39.6 Å². The Labute approximate surface area is 337 Å². The van der Waals surface area contributed by atoms with Gasteiger partial charge in [-0.2, -0.15) is 0 Å². The Hall–Kier alpha value is -2.88. The molecule has 2 rings (SSSR count). The summed E-state index contributed by atoms with van der Waals surface area (Å²) in [5, 5.41) is 8.58. The van der Waals surface area contributed by atoms with E-state index in [0.29, 0.717) is 77.7 Å². The van der Waals surface area contributed by atoms with Gasteiger partial charge >= 0.3 is 24.3 Å². The van der Waals surface area contributed by atoms with Crippen LogP contribution in [0.4, 0.5) is 19.2 Å². The standard InChI is InChI=1S/C41H78N6O9/c1-6-9-20-27-54-41(51)47(24-19-15-14-18-23-44-40(50)56-37(31-46-29-35(46)5)33-53-26-11-8-3)38(48)42-21-16-12-13-17-22-43-39(49)55-36(30-45-28-34(45)4)32-52-25-10-7-2/h34-37H,6-33H2,1-5H3,(H,42,48)(H,43,49)(H,44,50). The Morgan fingerprint density at radius 3 is 1.48 bits per heavy atom. The molecule has 0 aromatic rings. The van der Waals surface area contributed by atoms with Gasteiger partial charge in [0.05, 0.1) is 19.8 Å². The van der Waals surface area contributed by atoms with Crippen molar-refractivity contribution < 1.29 is 42.9 Å². The molecule has 0 bridgehead atoms. The maximum absolute atomic E-state index is 13.0. The third-order valence-corrected chi connectivity index (χ3v) is 9.96. The average molecular weight is 799 g/mol. The minimum atomic E-state index is -0.621. The first-order chi connectivity index (χ1) is 27.2. The number of urea groups is 1. The molecular weight excluding hydrogens is 720 g/mol. The molecule has 2 fully saturated rings. The van der Waals surface area contributed by atoms with Crippen molar-refractivity contribution in [1.82, 2.24) is 30.7 Å². The predicted octanol–water partition coefficient (Wildman–Crippen LogP) is 6.68. The molecular formula is C41H78N6O9. The molecule has 0 aromatic carbocycles. The number of unbranched alkanes of at least 4 members (excludes halogenated alkanes) is 10. The molecule has 3 N–H and O–H groups in total. The molecule has 15 nitrogen and oxygen atoms in total. The summed E-state index contributed by atoms with van der Waals surface area (Å²) >= 11 is 0. The maximum Gasteiger partial charge on any atom is 0.417 e. The van der Waals surface area contributed by atoms with Crippen LogP contribution in [0.1, 0.15) is 131 Å². The second-order valence-corrected chi connectivity index (χ2v) is 15.4. The summed E-state index contributed by atoms with van der Waals surface area (Å²) in [6.07, 6.45) is 11.1. The molecule has 2 aliphatic heterocycles. The van der Waals surface area contributed by atoms with Crippen molar-refractivity contribution in [2.24, 2.45) is 0 Å². The van der Waals surface area contributed by atoms with Crippen LogP contribution in [-0.2, 0) is 23.7 Å². The summed E-state index contributed by atoms with van der Waals surface area (Å²) in [5.74, 6) is 0. The first kappa shape index (κ1) is 49.3. The highest BCUT2D eigenvalue weighted by atomic mass is 16.6. The fourth-order valence-electron chi connectivity index (χ4n) is 6.06. The SMILES string of the molecule is CCCCCOC(=O)N(CCCCCCNC(=O)OC(COCCCC)CN1CC1C)C(=O)NCCCCCCNC(=O)OC(COCCCC)CN1CC1C. The minimum Gasteiger partial charge on any atom is -0.449 e. The van der Waals surface area contributed by atoms with Gasteiger partial charge in [0.2, 0.25) is 0 Å². The van der Waals surface area contributed by atoms with E-state index >= 15 is 0 Å². The lowest BCUT2D eigenvalue weighted by Gasteiger charge is -2.21. The van der Waals surface area contributed by atoms with E-state index < -0.39 is 24.3 Å². The number of hydrogen-bond donors (Lipinski definition) is 3. The van der Waals surface area contributed by atoms with Gasteiger partial charge in [0, 0.05) is 77.7 Å². The van der Waals surface area contributed by atoms with E-state index in [1.807, 2.05) is 0 Å².